The monoisotopic (exact) mass is 271 g/mol. The molecule has 18 heavy (non-hydrogen) atoms. The average molecular weight is 272 g/mol. The fraction of sp³-hybridized carbons (Fsp3) is 0.769. The predicted octanol–water partition coefficient (Wildman–Crippen LogP) is 1.93. The zero-order valence-electron chi connectivity index (χ0n) is 11.2. The quantitative estimate of drug-likeness (QED) is 0.910. The van der Waals surface area contributed by atoms with Gasteiger partial charge in [0.05, 0.1) is 16.4 Å². The topological polar surface area (TPSA) is 53.1 Å². The van der Waals surface area contributed by atoms with Crippen LogP contribution in [0.15, 0.2) is 0 Å². The van der Waals surface area contributed by atoms with Gasteiger partial charge in [-0.25, -0.2) is 0 Å². The highest BCUT2D eigenvalue weighted by atomic mass is 35.5. The normalized spacial score (nSPS) is 19.1. The van der Waals surface area contributed by atoms with E-state index >= 15 is 0 Å². The molecule has 1 saturated heterocycles. The van der Waals surface area contributed by atoms with Crippen LogP contribution in [0.5, 0.6) is 0 Å². The Kier molecular flexibility index (Phi) is 4.65. The molecule has 1 atom stereocenters. The number of hydrogen-bond donors (Lipinski definition) is 1. The summed E-state index contributed by atoms with van der Waals surface area (Å²) in [5.74, 6) is 0.537. The number of halogens is 1. The van der Waals surface area contributed by atoms with Gasteiger partial charge in [0.1, 0.15) is 0 Å². The standard InChI is InChI=1S/C13H22ClN3O/c1-3-11-13(14)12(17(2)16-11)8-10(15)9-4-6-18-7-5-9/h9-10H,3-8,15H2,1-2H3. The van der Waals surface area contributed by atoms with Gasteiger partial charge in [0.2, 0.25) is 0 Å². The molecule has 5 heteroatoms. The summed E-state index contributed by atoms with van der Waals surface area (Å²) in [5.41, 5.74) is 8.34. The Labute approximate surface area is 113 Å². The number of ether oxygens (including phenoxy) is 1. The van der Waals surface area contributed by atoms with E-state index in [4.69, 9.17) is 22.1 Å². The van der Waals surface area contributed by atoms with Crippen molar-refractivity contribution in [2.45, 2.75) is 38.6 Å². The van der Waals surface area contributed by atoms with Crippen LogP contribution in [0.2, 0.25) is 5.02 Å². The molecule has 1 aromatic rings. The summed E-state index contributed by atoms with van der Waals surface area (Å²) in [5, 5.41) is 5.23. The Hall–Kier alpha value is -0.580. The molecule has 0 radical (unpaired) electrons. The first-order valence-electron chi connectivity index (χ1n) is 6.67. The molecule has 0 saturated carbocycles. The van der Waals surface area contributed by atoms with Crippen molar-refractivity contribution in [3.63, 3.8) is 0 Å². The number of nitrogens with two attached hydrogens (primary N) is 1. The summed E-state index contributed by atoms with van der Waals surface area (Å²) < 4.78 is 7.25. The van der Waals surface area contributed by atoms with E-state index in [1.165, 1.54) is 0 Å². The second-order valence-electron chi connectivity index (χ2n) is 5.00. The van der Waals surface area contributed by atoms with Crippen molar-refractivity contribution in [2.75, 3.05) is 13.2 Å². The van der Waals surface area contributed by atoms with Crippen LogP contribution >= 0.6 is 11.6 Å². The Morgan fingerprint density at radius 3 is 2.72 bits per heavy atom. The summed E-state index contributed by atoms with van der Waals surface area (Å²) in [6, 6.07) is 0.145. The van der Waals surface area contributed by atoms with Crippen LogP contribution in [-0.2, 0) is 24.6 Å². The molecule has 0 aliphatic carbocycles. The fourth-order valence-electron chi connectivity index (χ4n) is 2.58. The van der Waals surface area contributed by atoms with Crippen LogP contribution in [0.1, 0.15) is 31.2 Å². The molecule has 1 unspecified atom stereocenters. The molecule has 0 amide bonds. The number of aryl methyl sites for hydroxylation is 2. The summed E-state index contributed by atoms with van der Waals surface area (Å²) in [4.78, 5) is 0. The third kappa shape index (κ3) is 2.87. The minimum Gasteiger partial charge on any atom is -0.381 e. The van der Waals surface area contributed by atoms with E-state index in [9.17, 15) is 0 Å². The molecular weight excluding hydrogens is 250 g/mol. The minimum atomic E-state index is 0.145. The Morgan fingerprint density at radius 1 is 1.50 bits per heavy atom. The third-order valence-corrected chi connectivity index (χ3v) is 4.24. The molecule has 0 spiro atoms. The molecule has 1 aliphatic rings. The molecule has 1 aromatic heterocycles. The van der Waals surface area contributed by atoms with Gasteiger partial charge in [-0.2, -0.15) is 5.10 Å². The molecule has 1 fully saturated rings. The third-order valence-electron chi connectivity index (χ3n) is 3.80. The van der Waals surface area contributed by atoms with E-state index in [1.54, 1.807) is 0 Å². The van der Waals surface area contributed by atoms with Crippen LogP contribution in [-0.4, -0.2) is 29.0 Å². The predicted molar refractivity (Wildman–Crippen MR) is 72.8 cm³/mol. The van der Waals surface area contributed by atoms with Crippen LogP contribution in [0.25, 0.3) is 0 Å². The van der Waals surface area contributed by atoms with Crippen LogP contribution in [0, 0.1) is 5.92 Å². The SMILES string of the molecule is CCc1nn(C)c(CC(N)C2CCOCC2)c1Cl. The number of nitrogens with zero attached hydrogens (tertiary/aromatic N) is 2. The molecule has 102 valence electrons. The van der Waals surface area contributed by atoms with Gasteiger partial charge >= 0.3 is 0 Å². The first-order valence-corrected chi connectivity index (χ1v) is 7.04. The average Bonchev–Trinajstić information content (AvgIpc) is 2.67. The molecule has 2 rings (SSSR count). The number of hydrogen-bond acceptors (Lipinski definition) is 3. The second-order valence-corrected chi connectivity index (χ2v) is 5.38. The van der Waals surface area contributed by atoms with Gasteiger partial charge in [0.25, 0.3) is 0 Å². The number of rotatable bonds is 4. The van der Waals surface area contributed by atoms with Crippen molar-refractivity contribution < 1.29 is 4.74 Å². The van der Waals surface area contributed by atoms with E-state index < -0.39 is 0 Å². The van der Waals surface area contributed by atoms with E-state index in [0.29, 0.717) is 5.92 Å². The summed E-state index contributed by atoms with van der Waals surface area (Å²) >= 11 is 6.35. The van der Waals surface area contributed by atoms with Crippen molar-refractivity contribution in [3.05, 3.63) is 16.4 Å². The Balaban J connectivity index is 2.06. The van der Waals surface area contributed by atoms with E-state index in [-0.39, 0.29) is 6.04 Å². The van der Waals surface area contributed by atoms with E-state index in [1.807, 2.05) is 11.7 Å². The van der Waals surface area contributed by atoms with Crippen LogP contribution < -0.4 is 5.73 Å². The molecule has 1 aliphatic heterocycles. The Morgan fingerprint density at radius 2 is 2.17 bits per heavy atom. The first kappa shape index (κ1) is 13.8. The summed E-state index contributed by atoms with van der Waals surface area (Å²) in [7, 11) is 1.94. The molecule has 2 N–H and O–H groups in total. The maximum absolute atomic E-state index is 6.35. The first-order chi connectivity index (χ1) is 8.63. The highest BCUT2D eigenvalue weighted by Gasteiger charge is 2.24. The minimum absolute atomic E-state index is 0.145. The smallest absolute Gasteiger partial charge is 0.0850 e. The van der Waals surface area contributed by atoms with E-state index in [0.717, 1.165) is 55.3 Å². The lowest BCUT2D eigenvalue weighted by atomic mass is 9.89. The summed E-state index contributed by atoms with van der Waals surface area (Å²) in [6.07, 6.45) is 3.76. The highest BCUT2D eigenvalue weighted by molar-refractivity contribution is 6.31. The van der Waals surface area contributed by atoms with Gasteiger partial charge in [-0.15, -0.1) is 0 Å². The maximum Gasteiger partial charge on any atom is 0.0850 e. The molecule has 0 bridgehead atoms. The van der Waals surface area contributed by atoms with Gasteiger partial charge in [-0.3, -0.25) is 4.68 Å². The lowest BCUT2D eigenvalue weighted by Crippen LogP contribution is -2.36. The largest absolute Gasteiger partial charge is 0.381 e. The Bertz CT molecular complexity index is 399. The van der Waals surface area contributed by atoms with Gasteiger partial charge in [-0.1, -0.05) is 18.5 Å². The van der Waals surface area contributed by atoms with Crippen molar-refractivity contribution in [2.24, 2.45) is 18.7 Å². The molecule has 4 nitrogen and oxygen atoms in total. The molecule has 0 aromatic carbocycles. The lowest BCUT2D eigenvalue weighted by molar-refractivity contribution is 0.0583. The van der Waals surface area contributed by atoms with Gasteiger partial charge in [-0.05, 0) is 25.2 Å². The summed E-state index contributed by atoms with van der Waals surface area (Å²) in [6.45, 7) is 3.73. The fourth-order valence-corrected chi connectivity index (χ4v) is 2.95. The zero-order chi connectivity index (χ0) is 13.1. The molecule has 2 heterocycles. The maximum atomic E-state index is 6.35. The van der Waals surface area contributed by atoms with E-state index in [2.05, 4.69) is 12.0 Å². The lowest BCUT2D eigenvalue weighted by Gasteiger charge is -2.27. The highest BCUT2D eigenvalue weighted by Crippen LogP contribution is 2.25. The molecular formula is C13H22ClN3O. The van der Waals surface area contributed by atoms with Crippen LogP contribution in [0.3, 0.4) is 0 Å². The van der Waals surface area contributed by atoms with Crippen molar-refractivity contribution in [1.29, 1.82) is 0 Å². The van der Waals surface area contributed by atoms with Crippen LogP contribution in [0.4, 0.5) is 0 Å². The van der Waals surface area contributed by atoms with Gasteiger partial charge in [0.15, 0.2) is 0 Å². The number of aromatic nitrogens is 2. The second kappa shape index (κ2) is 6.04. The zero-order valence-corrected chi connectivity index (χ0v) is 11.9. The van der Waals surface area contributed by atoms with Gasteiger partial charge < -0.3 is 10.5 Å². The van der Waals surface area contributed by atoms with Crippen molar-refractivity contribution >= 4 is 11.6 Å². The van der Waals surface area contributed by atoms with Crippen molar-refractivity contribution in [3.8, 4) is 0 Å². The van der Waals surface area contributed by atoms with Gasteiger partial charge in [0, 0.05) is 32.7 Å². The van der Waals surface area contributed by atoms with Crippen molar-refractivity contribution in [1.82, 2.24) is 9.78 Å².